The van der Waals surface area contributed by atoms with E-state index in [0.717, 1.165) is 12.0 Å². The summed E-state index contributed by atoms with van der Waals surface area (Å²) < 4.78 is 5.32. The molecule has 0 fully saturated rings. The lowest BCUT2D eigenvalue weighted by molar-refractivity contribution is 0.100. The van der Waals surface area contributed by atoms with Gasteiger partial charge >= 0.3 is 0 Å². The van der Waals surface area contributed by atoms with Gasteiger partial charge in [-0.1, -0.05) is 11.6 Å². The van der Waals surface area contributed by atoms with Gasteiger partial charge in [0.2, 0.25) is 0 Å². The van der Waals surface area contributed by atoms with Crippen molar-refractivity contribution >= 4 is 17.4 Å². The van der Waals surface area contributed by atoms with E-state index in [2.05, 4.69) is 0 Å². The minimum absolute atomic E-state index is 0.00989. The zero-order valence-electron chi connectivity index (χ0n) is 7.55. The largest absolute Gasteiger partial charge is 0.491 e. The molecule has 0 radical (unpaired) electrons. The predicted molar refractivity (Wildman–Crippen MR) is 54.0 cm³/mol. The summed E-state index contributed by atoms with van der Waals surface area (Å²) in [6, 6.07) is 3.42. The molecule has 0 atom stereocenters. The van der Waals surface area contributed by atoms with Crippen molar-refractivity contribution in [3.63, 3.8) is 0 Å². The van der Waals surface area contributed by atoms with Gasteiger partial charge in [-0.25, -0.2) is 0 Å². The molecule has 0 amide bonds. The van der Waals surface area contributed by atoms with E-state index in [1.165, 1.54) is 0 Å². The first kappa shape index (κ1) is 9.49. The van der Waals surface area contributed by atoms with E-state index in [4.69, 9.17) is 22.1 Å². The van der Waals surface area contributed by atoms with Crippen LogP contribution in [-0.2, 0) is 6.42 Å². The Balaban J connectivity index is 2.46. The molecular weight excluding hydrogens is 202 g/mol. The number of carbonyl (C=O) groups excluding carboxylic acids is 1. The molecule has 1 aliphatic rings. The molecular formula is C10H10ClNO2. The molecule has 0 aromatic heterocycles. The second kappa shape index (κ2) is 3.59. The van der Waals surface area contributed by atoms with Gasteiger partial charge in [0.25, 0.3) is 0 Å². The number of carbonyl (C=O) groups is 1. The van der Waals surface area contributed by atoms with E-state index in [1.807, 2.05) is 6.07 Å². The molecule has 1 aliphatic heterocycles. The highest BCUT2D eigenvalue weighted by atomic mass is 35.5. The lowest BCUT2D eigenvalue weighted by atomic mass is 10.1. The molecule has 2 N–H and O–H groups in total. The van der Waals surface area contributed by atoms with Crippen LogP contribution in [-0.4, -0.2) is 18.9 Å². The summed E-state index contributed by atoms with van der Waals surface area (Å²) in [4.78, 5) is 11.3. The maximum Gasteiger partial charge on any atom is 0.176 e. The number of fused-ring (bicyclic) bond motifs is 1. The van der Waals surface area contributed by atoms with E-state index in [1.54, 1.807) is 6.07 Å². The molecule has 14 heavy (non-hydrogen) atoms. The van der Waals surface area contributed by atoms with Gasteiger partial charge in [0.1, 0.15) is 5.75 Å². The summed E-state index contributed by atoms with van der Waals surface area (Å²) in [6.45, 7) is 0.644. The Morgan fingerprint density at radius 3 is 3.07 bits per heavy atom. The van der Waals surface area contributed by atoms with E-state index in [9.17, 15) is 4.79 Å². The molecule has 3 nitrogen and oxygen atoms in total. The third-order valence-electron chi connectivity index (χ3n) is 2.25. The van der Waals surface area contributed by atoms with E-state index >= 15 is 0 Å². The number of halogens is 1. The number of Topliss-reactive ketones (excluding diaryl/α,β-unsaturated/α-hetero) is 1. The highest BCUT2D eigenvalue weighted by molar-refractivity contribution is 6.32. The zero-order chi connectivity index (χ0) is 10.1. The SMILES string of the molecule is NCC(=O)c1cc(Cl)c2c(c1)CCO2. The molecule has 0 saturated carbocycles. The summed E-state index contributed by atoms with van der Waals surface area (Å²) in [5, 5.41) is 0.497. The van der Waals surface area contributed by atoms with Crippen LogP contribution in [0.2, 0.25) is 5.02 Å². The number of ketones is 1. The number of hydrogen-bond donors (Lipinski definition) is 1. The third kappa shape index (κ3) is 1.49. The van der Waals surface area contributed by atoms with E-state index < -0.39 is 0 Å². The Morgan fingerprint density at radius 2 is 2.36 bits per heavy atom. The first-order valence-corrected chi connectivity index (χ1v) is 4.78. The predicted octanol–water partition coefficient (Wildman–Crippen LogP) is 1.42. The smallest absolute Gasteiger partial charge is 0.176 e. The normalized spacial score (nSPS) is 13.6. The van der Waals surface area contributed by atoms with Crippen molar-refractivity contribution in [3.05, 3.63) is 28.3 Å². The lowest BCUT2D eigenvalue weighted by Crippen LogP contribution is -2.13. The average molecular weight is 212 g/mol. The zero-order valence-corrected chi connectivity index (χ0v) is 8.30. The summed E-state index contributed by atoms with van der Waals surface area (Å²) in [5.41, 5.74) is 6.84. The van der Waals surface area contributed by atoms with Crippen molar-refractivity contribution in [1.29, 1.82) is 0 Å². The molecule has 1 aromatic carbocycles. The first-order valence-electron chi connectivity index (χ1n) is 4.41. The summed E-state index contributed by atoms with van der Waals surface area (Å²) in [7, 11) is 0. The maximum absolute atomic E-state index is 11.3. The van der Waals surface area contributed by atoms with Crippen molar-refractivity contribution in [3.8, 4) is 5.75 Å². The summed E-state index contributed by atoms with van der Waals surface area (Å²) in [6.07, 6.45) is 0.806. The second-order valence-electron chi connectivity index (χ2n) is 3.17. The highest BCUT2D eigenvalue weighted by Crippen LogP contribution is 2.34. The minimum atomic E-state index is -0.0957. The first-order chi connectivity index (χ1) is 6.72. The topological polar surface area (TPSA) is 52.3 Å². The van der Waals surface area contributed by atoms with Gasteiger partial charge in [-0.2, -0.15) is 0 Å². The van der Waals surface area contributed by atoms with E-state index in [-0.39, 0.29) is 12.3 Å². The third-order valence-corrected chi connectivity index (χ3v) is 2.53. The molecule has 0 saturated heterocycles. The van der Waals surface area contributed by atoms with Gasteiger partial charge in [-0.05, 0) is 17.7 Å². The average Bonchev–Trinajstić information content (AvgIpc) is 2.64. The van der Waals surface area contributed by atoms with Crippen molar-refractivity contribution in [2.45, 2.75) is 6.42 Å². The van der Waals surface area contributed by atoms with Crippen LogP contribution in [0.15, 0.2) is 12.1 Å². The van der Waals surface area contributed by atoms with Crippen molar-refractivity contribution < 1.29 is 9.53 Å². The highest BCUT2D eigenvalue weighted by Gasteiger charge is 2.18. The number of hydrogen-bond acceptors (Lipinski definition) is 3. The van der Waals surface area contributed by atoms with Crippen LogP contribution in [0, 0.1) is 0 Å². The molecule has 74 valence electrons. The molecule has 0 aliphatic carbocycles. The van der Waals surface area contributed by atoms with Gasteiger partial charge in [-0.3, -0.25) is 4.79 Å². The quantitative estimate of drug-likeness (QED) is 0.753. The Hall–Kier alpha value is -1.06. The van der Waals surface area contributed by atoms with Crippen LogP contribution in [0.5, 0.6) is 5.75 Å². The van der Waals surface area contributed by atoms with Crippen molar-refractivity contribution in [2.24, 2.45) is 5.73 Å². The molecule has 1 heterocycles. The number of ether oxygens (including phenoxy) is 1. The fraction of sp³-hybridized carbons (Fsp3) is 0.300. The molecule has 0 bridgehead atoms. The van der Waals surface area contributed by atoms with Crippen LogP contribution < -0.4 is 10.5 Å². The monoisotopic (exact) mass is 211 g/mol. The van der Waals surface area contributed by atoms with Crippen LogP contribution in [0.1, 0.15) is 15.9 Å². The number of benzene rings is 1. The fourth-order valence-electron chi connectivity index (χ4n) is 1.54. The Labute approximate surface area is 86.8 Å². The molecule has 1 aromatic rings. The van der Waals surface area contributed by atoms with E-state index in [0.29, 0.717) is 22.9 Å². The van der Waals surface area contributed by atoms with Gasteiger partial charge in [0.15, 0.2) is 5.78 Å². The summed E-state index contributed by atoms with van der Waals surface area (Å²) >= 11 is 5.96. The molecule has 4 heteroatoms. The molecule has 0 spiro atoms. The fourth-order valence-corrected chi connectivity index (χ4v) is 1.83. The van der Waals surface area contributed by atoms with Crippen LogP contribution >= 0.6 is 11.6 Å². The standard InChI is InChI=1S/C10H10ClNO2/c11-8-4-7(9(13)5-12)3-6-1-2-14-10(6)8/h3-4H,1-2,5,12H2. The molecule has 2 rings (SSSR count). The Kier molecular flexibility index (Phi) is 2.44. The van der Waals surface area contributed by atoms with Crippen molar-refractivity contribution in [2.75, 3.05) is 13.2 Å². The number of nitrogens with two attached hydrogens (primary N) is 1. The molecule has 0 unspecified atom stereocenters. The van der Waals surface area contributed by atoms with Gasteiger partial charge in [-0.15, -0.1) is 0 Å². The van der Waals surface area contributed by atoms with Crippen molar-refractivity contribution in [1.82, 2.24) is 0 Å². The van der Waals surface area contributed by atoms with Gasteiger partial charge in [0, 0.05) is 12.0 Å². The van der Waals surface area contributed by atoms with Gasteiger partial charge in [0.05, 0.1) is 18.2 Å². The minimum Gasteiger partial charge on any atom is -0.491 e. The Morgan fingerprint density at radius 1 is 1.57 bits per heavy atom. The van der Waals surface area contributed by atoms with Crippen LogP contribution in [0.4, 0.5) is 0 Å². The Bertz CT molecular complexity index is 390. The maximum atomic E-state index is 11.3. The number of rotatable bonds is 2. The lowest BCUT2D eigenvalue weighted by Gasteiger charge is -2.04. The van der Waals surface area contributed by atoms with Gasteiger partial charge < -0.3 is 10.5 Å². The van der Waals surface area contributed by atoms with Crippen LogP contribution in [0.25, 0.3) is 0 Å². The second-order valence-corrected chi connectivity index (χ2v) is 3.58. The van der Waals surface area contributed by atoms with Crippen LogP contribution in [0.3, 0.4) is 0 Å². The summed E-state index contributed by atoms with van der Waals surface area (Å²) in [5.74, 6) is 0.613.